The van der Waals surface area contributed by atoms with Crippen LogP contribution in [-0.2, 0) is 6.42 Å². The van der Waals surface area contributed by atoms with Gasteiger partial charge < -0.3 is 9.32 Å². The lowest BCUT2D eigenvalue weighted by molar-refractivity contribution is 0.0708. The van der Waals surface area contributed by atoms with E-state index < -0.39 is 0 Å². The summed E-state index contributed by atoms with van der Waals surface area (Å²) in [5.41, 5.74) is 2.21. The summed E-state index contributed by atoms with van der Waals surface area (Å²) >= 11 is 0. The number of aromatic nitrogens is 2. The van der Waals surface area contributed by atoms with E-state index in [9.17, 15) is 9.18 Å². The Hall–Kier alpha value is -3.02. The van der Waals surface area contributed by atoms with E-state index in [2.05, 4.69) is 9.97 Å². The summed E-state index contributed by atoms with van der Waals surface area (Å²) in [4.78, 5) is 23.4. The van der Waals surface area contributed by atoms with E-state index in [4.69, 9.17) is 4.42 Å². The summed E-state index contributed by atoms with van der Waals surface area (Å²) in [5, 5.41) is 0. The molecule has 5 nitrogen and oxygen atoms in total. The highest BCUT2D eigenvalue weighted by Gasteiger charge is 2.34. The lowest BCUT2D eigenvalue weighted by Crippen LogP contribution is -2.31. The topological polar surface area (TPSA) is 59.2 Å². The van der Waals surface area contributed by atoms with E-state index in [-0.39, 0.29) is 17.8 Å². The molecule has 0 N–H and O–H groups in total. The molecule has 0 radical (unpaired) electrons. The molecule has 138 valence electrons. The number of oxazole rings is 1. The Morgan fingerprint density at radius 1 is 1.26 bits per heavy atom. The maximum Gasteiger partial charge on any atom is 0.273 e. The van der Waals surface area contributed by atoms with Crippen LogP contribution in [0.15, 0.2) is 53.1 Å². The SMILES string of the molecule is Cc1cccc(C(=O)N2CCC[C@H]2c2ncc(Cc3ccc(F)cc3)o2)n1. The van der Waals surface area contributed by atoms with Crippen molar-refractivity contribution >= 4 is 5.91 Å². The number of benzene rings is 1. The minimum absolute atomic E-state index is 0.0977. The molecule has 2 aromatic heterocycles. The first-order valence-electron chi connectivity index (χ1n) is 9.04. The molecule has 0 spiro atoms. The highest BCUT2D eigenvalue weighted by Crippen LogP contribution is 2.33. The minimum atomic E-state index is -0.262. The monoisotopic (exact) mass is 365 g/mol. The fraction of sp³-hybridized carbons (Fsp3) is 0.286. The molecule has 0 unspecified atom stereocenters. The van der Waals surface area contributed by atoms with Crippen molar-refractivity contribution in [2.45, 2.75) is 32.2 Å². The summed E-state index contributed by atoms with van der Waals surface area (Å²) in [5.74, 6) is 0.886. The largest absolute Gasteiger partial charge is 0.443 e. The number of pyridine rings is 1. The van der Waals surface area contributed by atoms with Crippen LogP contribution in [0.4, 0.5) is 4.39 Å². The van der Waals surface area contributed by atoms with Gasteiger partial charge in [0.25, 0.3) is 5.91 Å². The van der Waals surface area contributed by atoms with Crippen molar-refractivity contribution in [1.82, 2.24) is 14.9 Å². The van der Waals surface area contributed by atoms with Crippen LogP contribution in [0.3, 0.4) is 0 Å². The molecule has 1 aliphatic heterocycles. The van der Waals surface area contributed by atoms with Crippen LogP contribution in [0.2, 0.25) is 0 Å². The number of rotatable bonds is 4. The summed E-state index contributed by atoms with van der Waals surface area (Å²) in [6.45, 7) is 2.53. The zero-order chi connectivity index (χ0) is 18.8. The van der Waals surface area contributed by atoms with Crippen molar-refractivity contribution in [3.05, 3.63) is 83.1 Å². The number of likely N-dealkylation sites (tertiary alicyclic amines) is 1. The number of carbonyl (C=O) groups excluding carboxylic acids is 1. The third-order valence-electron chi connectivity index (χ3n) is 4.77. The predicted octanol–water partition coefficient (Wildman–Crippen LogP) is 4.09. The molecule has 1 atom stereocenters. The van der Waals surface area contributed by atoms with Crippen molar-refractivity contribution in [3.63, 3.8) is 0 Å². The van der Waals surface area contributed by atoms with E-state index in [0.29, 0.717) is 30.3 Å². The Labute approximate surface area is 156 Å². The highest BCUT2D eigenvalue weighted by atomic mass is 19.1. The molecule has 3 heterocycles. The van der Waals surface area contributed by atoms with Gasteiger partial charge in [-0.1, -0.05) is 18.2 Å². The molecule has 0 saturated carbocycles. The Kier molecular flexibility index (Phi) is 4.71. The van der Waals surface area contributed by atoms with Gasteiger partial charge in [-0.3, -0.25) is 4.79 Å². The van der Waals surface area contributed by atoms with Crippen molar-refractivity contribution in [1.29, 1.82) is 0 Å². The fourth-order valence-corrected chi connectivity index (χ4v) is 3.44. The third kappa shape index (κ3) is 3.74. The molecule has 27 heavy (non-hydrogen) atoms. The van der Waals surface area contributed by atoms with Gasteiger partial charge >= 0.3 is 0 Å². The van der Waals surface area contributed by atoms with Crippen molar-refractivity contribution in [3.8, 4) is 0 Å². The first-order chi connectivity index (χ1) is 13.1. The molecule has 1 fully saturated rings. The maximum atomic E-state index is 13.0. The van der Waals surface area contributed by atoms with Crippen LogP contribution in [-0.4, -0.2) is 27.3 Å². The Morgan fingerprint density at radius 3 is 2.85 bits per heavy atom. The Bertz CT molecular complexity index is 952. The molecule has 1 amide bonds. The number of halogens is 1. The van der Waals surface area contributed by atoms with Crippen LogP contribution in [0.1, 0.15) is 52.3 Å². The minimum Gasteiger partial charge on any atom is -0.443 e. The fourth-order valence-electron chi connectivity index (χ4n) is 3.44. The van der Waals surface area contributed by atoms with Gasteiger partial charge in [0, 0.05) is 18.7 Å². The first-order valence-corrected chi connectivity index (χ1v) is 9.04. The summed E-state index contributed by atoms with van der Waals surface area (Å²) in [6.07, 6.45) is 3.93. The smallest absolute Gasteiger partial charge is 0.273 e. The summed E-state index contributed by atoms with van der Waals surface area (Å²) < 4.78 is 19.0. The Balaban J connectivity index is 1.51. The van der Waals surface area contributed by atoms with E-state index in [1.165, 1.54) is 12.1 Å². The van der Waals surface area contributed by atoms with Crippen LogP contribution < -0.4 is 0 Å². The number of nitrogens with zero attached hydrogens (tertiary/aromatic N) is 3. The van der Waals surface area contributed by atoms with Gasteiger partial charge in [-0.25, -0.2) is 14.4 Å². The van der Waals surface area contributed by atoms with Crippen LogP contribution >= 0.6 is 0 Å². The average molecular weight is 365 g/mol. The zero-order valence-corrected chi connectivity index (χ0v) is 15.1. The Morgan fingerprint density at radius 2 is 2.07 bits per heavy atom. The van der Waals surface area contributed by atoms with Crippen molar-refractivity contribution in [2.75, 3.05) is 6.54 Å². The van der Waals surface area contributed by atoms with E-state index >= 15 is 0 Å². The first kappa shape index (κ1) is 17.4. The van der Waals surface area contributed by atoms with Gasteiger partial charge in [0.2, 0.25) is 5.89 Å². The number of hydrogen-bond acceptors (Lipinski definition) is 4. The lowest BCUT2D eigenvalue weighted by atomic mass is 10.1. The number of carbonyl (C=O) groups is 1. The van der Waals surface area contributed by atoms with Gasteiger partial charge in [-0.2, -0.15) is 0 Å². The lowest BCUT2D eigenvalue weighted by Gasteiger charge is -2.22. The molecular weight excluding hydrogens is 345 g/mol. The second kappa shape index (κ2) is 7.31. The average Bonchev–Trinajstić information content (AvgIpc) is 3.32. The van der Waals surface area contributed by atoms with E-state index in [1.54, 1.807) is 29.3 Å². The second-order valence-corrected chi connectivity index (χ2v) is 6.79. The van der Waals surface area contributed by atoms with Crippen LogP contribution in [0.5, 0.6) is 0 Å². The molecule has 0 aliphatic carbocycles. The molecule has 4 rings (SSSR count). The summed E-state index contributed by atoms with van der Waals surface area (Å²) in [6, 6.07) is 11.6. The molecular formula is C21H20FN3O2. The van der Waals surface area contributed by atoms with Crippen molar-refractivity contribution < 1.29 is 13.6 Å². The highest BCUT2D eigenvalue weighted by molar-refractivity contribution is 5.92. The van der Waals surface area contributed by atoms with Gasteiger partial charge in [-0.15, -0.1) is 0 Å². The number of hydrogen-bond donors (Lipinski definition) is 0. The van der Waals surface area contributed by atoms with Crippen LogP contribution in [0, 0.1) is 12.7 Å². The molecule has 3 aromatic rings. The molecule has 1 saturated heterocycles. The predicted molar refractivity (Wildman–Crippen MR) is 97.7 cm³/mol. The number of amides is 1. The molecule has 6 heteroatoms. The standard InChI is InChI=1S/C21H20FN3O2/c1-14-4-2-5-18(24-14)21(26)25-11-3-6-19(25)20-23-13-17(27-20)12-15-7-9-16(22)10-8-15/h2,4-5,7-10,13,19H,3,6,11-12H2,1H3/t19-/m0/s1. The van der Waals surface area contributed by atoms with Gasteiger partial charge in [0.05, 0.1) is 6.20 Å². The quantitative estimate of drug-likeness (QED) is 0.699. The summed E-state index contributed by atoms with van der Waals surface area (Å²) in [7, 11) is 0. The van der Waals surface area contributed by atoms with Gasteiger partial charge in [0.1, 0.15) is 23.3 Å². The molecule has 1 aliphatic rings. The normalized spacial score (nSPS) is 16.7. The van der Waals surface area contributed by atoms with Crippen molar-refractivity contribution in [2.24, 2.45) is 0 Å². The van der Waals surface area contributed by atoms with Gasteiger partial charge in [0.15, 0.2) is 0 Å². The zero-order valence-electron chi connectivity index (χ0n) is 15.1. The second-order valence-electron chi connectivity index (χ2n) is 6.79. The number of aryl methyl sites for hydroxylation is 1. The maximum absolute atomic E-state index is 13.0. The van der Waals surface area contributed by atoms with E-state index in [0.717, 1.165) is 24.1 Å². The van der Waals surface area contributed by atoms with Gasteiger partial charge in [-0.05, 0) is 49.6 Å². The molecule has 1 aromatic carbocycles. The van der Waals surface area contributed by atoms with Crippen LogP contribution in [0.25, 0.3) is 0 Å². The van der Waals surface area contributed by atoms with E-state index in [1.807, 2.05) is 19.1 Å². The molecule has 0 bridgehead atoms. The third-order valence-corrected chi connectivity index (χ3v) is 4.77.